The van der Waals surface area contributed by atoms with E-state index in [1.165, 1.54) is 24.8 Å². The summed E-state index contributed by atoms with van der Waals surface area (Å²) in [6.45, 7) is 3.06. The Hall–Kier alpha value is -3.09. The Kier molecular flexibility index (Phi) is 5.06. The number of hydrogen-bond donors (Lipinski definition) is 0. The molecular weight excluding hydrogens is 336 g/mol. The molecule has 0 unspecified atom stereocenters. The van der Waals surface area contributed by atoms with Crippen molar-refractivity contribution in [1.82, 2.24) is 4.90 Å². The fourth-order valence-electron chi connectivity index (χ4n) is 3.14. The Morgan fingerprint density at radius 3 is 2.62 bits per heavy atom. The molecule has 0 N–H and O–H groups in total. The molecule has 0 saturated carbocycles. The highest BCUT2D eigenvalue weighted by Crippen LogP contribution is 2.36. The number of hydrogen-bond acceptors (Lipinski definition) is 5. The smallest absolute Gasteiger partial charge is 0.286 e. The summed E-state index contributed by atoms with van der Waals surface area (Å²) in [6, 6.07) is 10.6. The molecule has 7 nitrogen and oxygen atoms in total. The van der Waals surface area contributed by atoms with Crippen LogP contribution in [0.1, 0.15) is 28.4 Å². The Labute approximate surface area is 151 Å². The number of methoxy groups -OCH3 is 1. The highest BCUT2D eigenvalue weighted by Gasteiger charge is 2.29. The van der Waals surface area contributed by atoms with Crippen LogP contribution in [0.3, 0.4) is 0 Å². The third-order valence-electron chi connectivity index (χ3n) is 4.43. The van der Waals surface area contributed by atoms with Gasteiger partial charge >= 0.3 is 0 Å². The van der Waals surface area contributed by atoms with E-state index in [9.17, 15) is 14.9 Å². The molecule has 3 rings (SSSR count). The lowest BCUT2D eigenvalue weighted by Gasteiger charge is -2.29. The van der Waals surface area contributed by atoms with Crippen molar-refractivity contribution in [2.75, 3.05) is 20.3 Å². The molecule has 2 aromatic carbocycles. The van der Waals surface area contributed by atoms with Gasteiger partial charge in [0.1, 0.15) is 5.56 Å². The second kappa shape index (κ2) is 7.43. The molecule has 1 amide bonds. The standard InChI is InChI=1S/C19H20N2O5/c1-3-26-18-11-16(21(23)24)15(10-17(18)25-2)19(22)20-9-8-13-6-4-5-7-14(13)12-20/h4-7,10-11H,3,8-9,12H2,1-2H3. The summed E-state index contributed by atoms with van der Waals surface area (Å²) in [5.41, 5.74) is 2.00. The van der Waals surface area contributed by atoms with Gasteiger partial charge in [-0.3, -0.25) is 14.9 Å². The van der Waals surface area contributed by atoms with Crippen LogP contribution in [0.2, 0.25) is 0 Å². The number of amides is 1. The van der Waals surface area contributed by atoms with Crippen LogP contribution >= 0.6 is 0 Å². The fourth-order valence-corrected chi connectivity index (χ4v) is 3.14. The van der Waals surface area contributed by atoms with Crippen LogP contribution in [0.25, 0.3) is 0 Å². The molecule has 0 aliphatic carbocycles. The Morgan fingerprint density at radius 1 is 1.23 bits per heavy atom. The highest BCUT2D eigenvalue weighted by atomic mass is 16.6. The molecule has 0 atom stereocenters. The summed E-state index contributed by atoms with van der Waals surface area (Å²) in [7, 11) is 1.44. The number of benzene rings is 2. The van der Waals surface area contributed by atoms with E-state index >= 15 is 0 Å². The highest BCUT2D eigenvalue weighted by molar-refractivity contribution is 5.99. The van der Waals surface area contributed by atoms with Crippen molar-refractivity contribution < 1.29 is 19.2 Å². The van der Waals surface area contributed by atoms with Crippen molar-refractivity contribution in [3.8, 4) is 11.5 Å². The Balaban J connectivity index is 1.97. The van der Waals surface area contributed by atoms with Crippen LogP contribution in [0.15, 0.2) is 36.4 Å². The van der Waals surface area contributed by atoms with Crippen molar-refractivity contribution >= 4 is 11.6 Å². The number of ether oxygens (including phenoxy) is 2. The van der Waals surface area contributed by atoms with Gasteiger partial charge in [0.15, 0.2) is 11.5 Å². The summed E-state index contributed by atoms with van der Waals surface area (Å²) in [4.78, 5) is 25.6. The first kappa shape index (κ1) is 17.7. The average Bonchev–Trinajstić information content (AvgIpc) is 2.66. The lowest BCUT2D eigenvalue weighted by atomic mass is 9.99. The minimum atomic E-state index is -0.562. The number of carbonyl (C=O) groups is 1. The van der Waals surface area contributed by atoms with Gasteiger partial charge in [-0.2, -0.15) is 0 Å². The molecule has 26 heavy (non-hydrogen) atoms. The maximum atomic E-state index is 13.0. The van der Waals surface area contributed by atoms with Crippen molar-refractivity contribution in [3.63, 3.8) is 0 Å². The Bertz CT molecular complexity index is 850. The van der Waals surface area contributed by atoms with Gasteiger partial charge in [0.05, 0.1) is 24.7 Å². The summed E-state index contributed by atoms with van der Waals surface area (Å²) in [5, 5.41) is 11.5. The van der Waals surface area contributed by atoms with Gasteiger partial charge < -0.3 is 14.4 Å². The first-order chi connectivity index (χ1) is 12.5. The number of nitro benzene ring substituents is 1. The molecular formula is C19H20N2O5. The largest absolute Gasteiger partial charge is 0.493 e. The number of rotatable bonds is 5. The van der Waals surface area contributed by atoms with Gasteiger partial charge in [0, 0.05) is 19.2 Å². The first-order valence-corrected chi connectivity index (χ1v) is 8.40. The maximum Gasteiger partial charge on any atom is 0.286 e. The number of nitrogens with zero attached hydrogens (tertiary/aromatic N) is 2. The van der Waals surface area contributed by atoms with Gasteiger partial charge in [0.2, 0.25) is 0 Å². The van der Waals surface area contributed by atoms with Crippen LogP contribution < -0.4 is 9.47 Å². The number of nitro groups is 1. The first-order valence-electron chi connectivity index (χ1n) is 8.40. The normalized spacial score (nSPS) is 13.1. The zero-order valence-corrected chi connectivity index (χ0v) is 14.7. The van der Waals surface area contributed by atoms with Crippen LogP contribution in [-0.4, -0.2) is 36.0 Å². The van der Waals surface area contributed by atoms with Gasteiger partial charge in [-0.1, -0.05) is 24.3 Å². The molecule has 0 aromatic heterocycles. The average molecular weight is 356 g/mol. The minimum Gasteiger partial charge on any atom is -0.493 e. The summed E-state index contributed by atoms with van der Waals surface area (Å²) >= 11 is 0. The SMILES string of the molecule is CCOc1cc([N+](=O)[O-])c(C(=O)N2CCc3ccccc3C2)cc1OC. The summed E-state index contributed by atoms with van der Waals surface area (Å²) in [5.74, 6) is 0.174. The van der Waals surface area contributed by atoms with E-state index in [4.69, 9.17) is 9.47 Å². The summed E-state index contributed by atoms with van der Waals surface area (Å²) in [6.07, 6.45) is 0.726. The van der Waals surface area contributed by atoms with E-state index in [0.29, 0.717) is 25.4 Å². The second-order valence-electron chi connectivity index (χ2n) is 5.96. The molecule has 1 aliphatic heterocycles. The van der Waals surface area contributed by atoms with Crippen molar-refractivity contribution in [1.29, 1.82) is 0 Å². The minimum absolute atomic E-state index is 0.00897. The third-order valence-corrected chi connectivity index (χ3v) is 4.43. The lowest BCUT2D eigenvalue weighted by Crippen LogP contribution is -2.36. The molecule has 0 fully saturated rings. The van der Waals surface area contributed by atoms with Crippen molar-refractivity contribution in [2.45, 2.75) is 19.9 Å². The van der Waals surface area contributed by atoms with E-state index in [0.717, 1.165) is 12.0 Å². The van der Waals surface area contributed by atoms with Crippen molar-refractivity contribution in [2.24, 2.45) is 0 Å². The lowest BCUT2D eigenvalue weighted by molar-refractivity contribution is -0.385. The van der Waals surface area contributed by atoms with Gasteiger partial charge in [-0.25, -0.2) is 0 Å². The molecule has 2 aromatic rings. The maximum absolute atomic E-state index is 13.0. The molecule has 7 heteroatoms. The number of carbonyl (C=O) groups excluding carboxylic acids is 1. The second-order valence-corrected chi connectivity index (χ2v) is 5.96. The predicted octanol–water partition coefficient (Wildman–Crippen LogP) is 3.20. The van der Waals surface area contributed by atoms with Crippen LogP contribution in [0.5, 0.6) is 11.5 Å². The predicted molar refractivity (Wildman–Crippen MR) is 95.7 cm³/mol. The topological polar surface area (TPSA) is 81.9 Å². The van der Waals surface area contributed by atoms with Crippen molar-refractivity contribution in [3.05, 3.63) is 63.2 Å². The zero-order chi connectivity index (χ0) is 18.7. The van der Waals surface area contributed by atoms with Gasteiger partial charge in [-0.15, -0.1) is 0 Å². The quantitative estimate of drug-likeness (QED) is 0.607. The van der Waals surface area contributed by atoms with Crippen LogP contribution in [-0.2, 0) is 13.0 Å². The van der Waals surface area contributed by atoms with E-state index in [1.807, 2.05) is 24.3 Å². The molecule has 0 radical (unpaired) electrons. The van der Waals surface area contributed by atoms with Gasteiger partial charge in [-0.05, 0) is 24.5 Å². The molecule has 1 aliphatic rings. The molecule has 0 bridgehead atoms. The Morgan fingerprint density at radius 2 is 1.96 bits per heavy atom. The molecule has 1 heterocycles. The molecule has 0 spiro atoms. The monoisotopic (exact) mass is 356 g/mol. The summed E-state index contributed by atoms with van der Waals surface area (Å²) < 4.78 is 10.6. The van der Waals surface area contributed by atoms with E-state index in [-0.39, 0.29) is 22.9 Å². The number of fused-ring (bicyclic) bond motifs is 1. The fraction of sp³-hybridized carbons (Fsp3) is 0.316. The van der Waals surface area contributed by atoms with E-state index in [1.54, 1.807) is 11.8 Å². The van der Waals surface area contributed by atoms with Crippen LogP contribution in [0.4, 0.5) is 5.69 Å². The molecule has 0 saturated heterocycles. The zero-order valence-electron chi connectivity index (χ0n) is 14.7. The third kappa shape index (κ3) is 3.33. The van der Waals surface area contributed by atoms with Crippen LogP contribution in [0, 0.1) is 10.1 Å². The van der Waals surface area contributed by atoms with Gasteiger partial charge in [0.25, 0.3) is 11.6 Å². The van der Waals surface area contributed by atoms with E-state index < -0.39 is 4.92 Å². The molecule has 136 valence electrons. The van der Waals surface area contributed by atoms with E-state index in [2.05, 4.69) is 0 Å².